The van der Waals surface area contributed by atoms with E-state index in [1.54, 1.807) is 13.8 Å². The molecule has 1 fully saturated rings. The van der Waals surface area contributed by atoms with Gasteiger partial charge in [-0.05, 0) is 26.0 Å². The molecule has 1 aliphatic heterocycles. The highest BCUT2D eigenvalue weighted by atomic mass is 19.4. The smallest absolute Gasteiger partial charge is 0.372 e. The molecule has 8 heteroatoms. The number of carbonyl (C=O) groups excluding carboxylic acids is 2. The predicted molar refractivity (Wildman–Crippen MR) is 76.7 cm³/mol. The van der Waals surface area contributed by atoms with E-state index in [9.17, 15) is 22.8 Å². The standard InChI is InChI=1S/C15H17F3N2O3/c1-9-7-20(8-10(2)23-9)14(22)13(21)19-12-6-4-3-5-11(12)15(16,17)18/h3-6,9-10H,7-8H2,1-2H3,(H,19,21). The number of halogens is 3. The first-order valence-electron chi connectivity index (χ1n) is 7.10. The lowest BCUT2D eigenvalue weighted by molar-refractivity contribution is -0.151. The summed E-state index contributed by atoms with van der Waals surface area (Å²) in [6.45, 7) is 3.95. The topological polar surface area (TPSA) is 58.6 Å². The van der Waals surface area contributed by atoms with Gasteiger partial charge in [-0.3, -0.25) is 9.59 Å². The second-order valence-corrected chi connectivity index (χ2v) is 5.46. The molecular formula is C15H17F3N2O3. The Morgan fingerprint density at radius 2 is 1.74 bits per heavy atom. The summed E-state index contributed by atoms with van der Waals surface area (Å²) in [6.07, 6.45) is -5.09. The molecule has 1 N–H and O–H groups in total. The van der Waals surface area contributed by atoms with Gasteiger partial charge < -0.3 is 15.0 Å². The number of alkyl halides is 3. The first-order chi connectivity index (χ1) is 10.7. The predicted octanol–water partition coefficient (Wildman–Crippen LogP) is 2.28. The van der Waals surface area contributed by atoms with E-state index in [-0.39, 0.29) is 25.3 Å². The lowest BCUT2D eigenvalue weighted by atomic mass is 10.1. The van der Waals surface area contributed by atoms with Crippen LogP contribution >= 0.6 is 0 Å². The highest BCUT2D eigenvalue weighted by Gasteiger charge is 2.35. The maximum Gasteiger partial charge on any atom is 0.418 e. The molecule has 2 amide bonds. The maximum absolute atomic E-state index is 12.9. The molecule has 23 heavy (non-hydrogen) atoms. The SMILES string of the molecule is CC1CN(C(=O)C(=O)Nc2ccccc2C(F)(F)F)CC(C)O1. The monoisotopic (exact) mass is 330 g/mol. The largest absolute Gasteiger partial charge is 0.418 e. The van der Waals surface area contributed by atoms with Gasteiger partial charge in [0.25, 0.3) is 0 Å². The molecule has 0 spiro atoms. The van der Waals surface area contributed by atoms with E-state index in [4.69, 9.17) is 4.74 Å². The van der Waals surface area contributed by atoms with Gasteiger partial charge in [0.2, 0.25) is 0 Å². The number of nitrogens with one attached hydrogen (secondary N) is 1. The lowest BCUT2D eigenvalue weighted by Crippen LogP contribution is -2.51. The molecule has 0 bridgehead atoms. The van der Waals surface area contributed by atoms with Crippen molar-refractivity contribution in [3.63, 3.8) is 0 Å². The van der Waals surface area contributed by atoms with Crippen molar-refractivity contribution in [3.8, 4) is 0 Å². The van der Waals surface area contributed by atoms with Gasteiger partial charge in [0.05, 0.1) is 23.5 Å². The molecule has 5 nitrogen and oxygen atoms in total. The van der Waals surface area contributed by atoms with Gasteiger partial charge in [0, 0.05) is 13.1 Å². The maximum atomic E-state index is 12.9. The summed E-state index contributed by atoms with van der Waals surface area (Å²) in [4.78, 5) is 25.4. The number of para-hydroxylation sites is 1. The number of carbonyl (C=O) groups is 2. The zero-order chi connectivity index (χ0) is 17.2. The van der Waals surface area contributed by atoms with Crippen LogP contribution in [-0.4, -0.2) is 42.0 Å². The van der Waals surface area contributed by atoms with Crippen LogP contribution in [0.3, 0.4) is 0 Å². The Bertz CT molecular complexity index is 594. The third-order valence-corrected chi connectivity index (χ3v) is 3.38. The van der Waals surface area contributed by atoms with Crippen molar-refractivity contribution in [3.05, 3.63) is 29.8 Å². The molecule has 2 atom stereocenters. The molecule has 2 unspecified atom stereocenters. The summed E-state index contributed by atoms with van der Waals surface area (Å²) in [5.74, 6) is -1.97. The fourth-order valence-electron chi connectivity index (χ4n) is 2.50. The van der Waals surface area contributed by atoms with Gasteiger partial charge in [-0.15, -0.1) is 0 Å². The average molecular weight is 330 g/mol. The van der Waals surface area contributed by atoms with E-state index in [2.05, 4.69) is 5.32 Å². The van der Waals surface area contributed by atoms with Crippen molar-refractivity contribution in [2.75, 3.05) is 18.4 Å². The van der Waals surface area contributed by atoms with Crippen LogP contribution in [0.25, 0.3) is 0 Å². The third kappa shape index (κ3) is 4.22. The Morgan fingerprint density at radius 3 is 2.30 bits per heavy atom. The zero-order valence-corrected chi connectivity index (χ0v) is 12.7. The van der Waals surface area contributed by atoms with Gasteiger partial charge >= 0.3 is 18.0 Å². The number of rotatable bonds is 1. The van der Waals surface area contributed by atoms with Gasteiger partial charge in [-0.2, -0.15) is 13.2 Å². The summed E-state index contributed by atoms with van der Waals surface area (Å²) in [5, 5.41) is 2.05. The summed E-state index contributed by atoms with van der Waals surface area (Å²) < 4.78 is 44.1. The third-order valence-electron chi connectivity index (χ3n) is 3.38. The second kappa shape index (κ2) is 6.57. The van der Waals surface area contributed by atoms with Gasteiger partial charge in [0.1, 0.15) is 0 Å². The number of morpholine rings is 1. The number of ether oxygens (including phenoxy) is 1. The quantitative estimate of drug-likeness (QED) is 0.804. The van der Waals surface area contributed by atoms with Crippen LogP contribution in [-0.2, 0) is 20.5 Å². The Kier molecular flexibility index (Phi) is 4.93. The number of benzene rings is 1. The Hall–Kier alpha value is -2.09. The summed E-state index contributed by atoms with van der Waals surface area (Å²) in [7, 11) is 0. The minimum absolute atomic E-state index is 0.220. The van der Waals surface area contributed by atoms with Gasteiger partial charge in [0.15, 0.2) is 0 Å². The molecular weight excluding hydrogens is 313 g/mol. The molecule has 0 aliphatic carbocycles. The highest BCUT2D eigenvalue weighted by molar-refractivity contribution is 6.39. The van der Waals surface area contributed by atoms with Crippen molar-refractivity contribution < 1.29 is 27.5 Å². The molecule has 1 heterocycles. The van der Waals surface area contributed by atoms with E-state index in [1.165, 1.54) is 17.0 Å². The van der Waals surface area contributed by atoms with E-state index in [0.29, 0.717) is 0 Å². The van der Waals surface area contributed by atoms with Crippen molar-refractivity contribution in [1.29, 1.82) is 0 Å². The number of hydrogen-bond acceptors (Lipinski definition) is 3. The zero-order valence-electron chi connectivity index (χ0n) is 12.7. The first-order valence-corrected chi connectivity index (χ1v) is 7.10. The van der Waals surface area contributed by atoms with Crippen molar-refractivity contribution in [2.45, 2.75) is 32.2 Å². The van der Waals surface area contributed by atoms with Crippen molar-refractivity contribution in [2.24, 2.45) is 0 Å². The second-order valence-electron chi connectivity index (χ2n) is 5.46. The number of amides is 2. The van der Waals surface area contributed by atoms with Crippen LogP contribution in [0.1, 0.15) is 19.4 Å². The fraction of sp³-hybridized carbons (Fsp3) is 0.467. The minimum atomic E-state index is -4.62. The van der Waals surface area contributed by atoms with E-state index < -0.39 is 29.2 Å². The van der Waals surface area contributed by atoms with E-state index in [0.717, 1.165) is 12.1 Å². The lowest BCUT2D eigenvalue weighted by Gasteiger charge is -2.34. The number of anilines is 1. The van der Waals surface area contributed by atoms with Crippen LogP contribution in [0, 0.1) is 0 Å². The average Bonchev–Trinajstić information content (AvgIpc) is 2.44. The molecule has 126 valence electrons. The molecule has 0 aromatic heterocycles. The van der Waals surface area contributed by atoms with E-state index >= 15 is 0 Å². The molecule has 0 radical (unpaired) electrons. The van der Waals surface area contributed by atoms with Gasteiger partial charge in [-0.1, -0.05) is 12.1 Å². The molecule has 2 rings (SSSR count). The van der Waals surface area contributed by atoms with Crippen LogP contribution in [0.2, 0.25) is 0 Å². The first kappa shape index (κ1) is 17.3. The molecule has 1 saturated heterocycles. The number of hydrogen-bond donors (Lipinski definition) is 1. The normalized spacial score (nSPS) is 21.9. The van der Waals surface area contributed by atoms with Crippen LogP contribution in [0.5, 0.6) is 0 Å². The summed E-state index contributed by atoms with van der Waals surface area (Å²) in [6, 6.07) is 4.53. The minimum Gasteiger partial charge on any atom is -0.372 e. The van der Waals surface area contributed by atoms with Crippen molar-refractivity contribution in [1.82, 2.24) is 4.90 Å². The van der Waals surface area contributed by atoms with Crippen molar-refractivity contribution >= 4 is 17.5 Å². The fourth-order valence-corrected chi connectivity index (χ4v) is 2.50. The van der Waals surface area contributed by atoms with Crippen LogP contribution < -0.4 is 5.32 Å². The Morgan fingerprint density at radius 1 is 1.17 bits per heavy atom. The summed E-state index contributed by atoms with van der Waals surface area (Å²) in [5.41, 5.74) is -1.43. The van der Waals surface area contributed by atoms with Gasteiger partial charge in [-0.25, -0.2) is 0 Å². The highest BCUT2D eigenvalue weighted by Crippen LogP contribution is 2.34. The molecule has 0 saturated carbocycles. The van der Waals surface area contributed by atoms with Crippen LogP contribution in [0.15, 0.2) is 24.3 Å². The van der Waals surface area contributed by atoms with E-state index in [1.807, 2.05) is 0 Å². The van der Waals surface area contributed by atoms with Crippen LogP contribution in [0.4, 0.5) is 18.9 Å². The Balaban J connectivity index is 2.12. The Labute approximate surface area is 131 Å². The summed E-state index contributed by atoms with van der Waals surface area (Å²) >= 11 is 0. The molecule has 1 aromatic rings. The number of nitrogens with zero attached hydrogens (tertiary/aromatic N) is 1. The molecule has 1 aliphatic rings. The molecule has 1 aromatic carbocycles.